The molecule has 6 heteroatoms. The van der Waals surface area contributed by atoms with Gasteiger partial charge in [-0.1, -0.05) is 12.5 Å². The number of hydrogen-bond acceptors (Lipinski definition) is 1. The molecule has 3 nitrogen and oxygen atoms in total. The zero-order chi connectivity index (χ0) is 16.7. The van der Waals surface area contributed by atoms with Gasteiger partial charge in [0.15, 0.2) is 5.96 Å². The van der Waals surface area contributed by atoms with Crippen molar-refractivity contribution in [1.82, 2.24) is 10.2 Å². The van der Waals surface area contributed by atoms with E-state index in [-0.39, 0.29) is 41.5 Å². The van der Waals surface area contributed by atoms with Crippen LogP contribution in [-0.2, 0) is 0 Å². The second kappa shape index (κ2) is 7.37. The Bertz CT molecular complexity index is 640. The number of halogens is 3. The highest BCUT2D eigenvalue weighted by Gasteiger charge is 2.46. The highest BCUT2D eigenvalue weighted by molar-refractivity contribution is 14.0. The van der Waals surface area contributed by atoms with Crippen LogP contribution in [0.2, 0.25) is 0 Å². The van der Waals surface area contributed by atoms with E-state index < -0.39 is 11.6 Å². The second-order valence-corrected chi connectivity index (χ2v) is 7.55. The molecule has 3 fully saturated rings. The molecule has 4 rings (SSSR count). The third-order valence-electron chi connectivity index (χ3n) is 5.94. The molecule has 1 heterocycles. The van der Waals surface area contributed by atoms with Crippen LogP contribution in [-0.4, -0.2) is 36.5 Å². The fourth-order valence-corrected chi connectivity index (χ4v) is 4.29. The van der Waals surface area contributed by atoms with Crippen LogP contribution in [0.25, 0.3) is 0 Å². The van der Waals surface area contributed by atoms with Crippen LogP contribution in [0.3, 0.4) is 0 Å². The minimum Gasteiger partial charge on any atom is -0.353 e. The van der Waals surface area contributed by atoms with Gasteiger partial charge in [-0.25, -0.2) is 8.78 Å². The molecule has 1 saturated heterocycles. The summed E-state index contributed by atoms with van der Waals surface area (Å²) in [6.07, 6.45) is 6.01. The molecular formula is C19H26F2IN3. The molecule has 3 aliphatic rings. The molecular weight excluding hydrogens is 435 g/mol. The molecule has 1 aromatic carbocycles. The van der Waals surface area contributed by atoms with Crippen molar-refractivity contribution in [3.63, 3.8) is 0 Å². The average molecular weight is 461 g/mol. The Morgan fingerprint density at radius 1 is 1.28 bits per heavy atom. The standard InChI is InChI=1S/C19H25F2N3.HI/c1-2-22-18(24-10-9-19(12-24)7-4-8-19)23-16-11-13(16)17-14(20)5-3-6-15(17)21;/h3,5-6,13,16H,2,4,7-12H2,1H3,(H,22,23);1H. The number of hydrogen-bond donors (Lipinski definition) is 1. The van der Waals surface area contributed by atoms with Crippen molar-refractivity contribution in [2.24, 2.45) is 10.4 Å². The van der Waals surface area contributed by atoms with Gasteiger partial charge < -0.3 is 10.2 Å². The lowest BCUT2D eigenvalue weighted by atomic mass is 9.68. The van der Waals surface area contributed by atoms with Crippen molar-refractivity contribution in [2.45, 2.75) is 51.0 Å². The summed E-state index contributed by atoms with van der Waals surface area (Å²) in [7, 11) is 0. The topological polar surface area (TPSA) is 27.6 Å². The van der Waals surface area contributed by atoms with Crippen molar-refractivity contribution >= 4 is 29.9 Å². The van der Waals surface area contributed by atoms with Gasteiger partial charge in [-0.3, -0.25) is 4.99 Å². The molecule has 1 aliphatic heterocycles. The van der Waals surface area contributed by atoms with Gasteiger partial charge in [-0.15, -0.1) is 24.0 Å². The van der Waals surface area contributed by atoms with Crippen LogP contribution in [0.1, 0.15) is 50.5 Å². The first-order valence-corrected chi connectivity index (χ1v) is 9.12. The number of nitrogens with one attached hydrogen (secondary N) is 1. The summed E-state index contributed by atoms with van der Waals surface area (Å²) >= 11 is 0. The molecule has 2 saturated carbocycles. The molecule has 25 heavy (non-hydrogen) atoms. The number of aliphatic imine (C=N–C) groups is 1. The largest absolute Gasteiger partial charge is 0.353 e. The van der Waals surface area contributed by atoms with Gasteiger partial charge in [0.25, 0.3) is 0 Å². The predicted molar refractivity (Wildman–Crippen MR) is 107 cm³/mol. The highest BCUT2D eigenvalue weighted by atomic mass is 127. The molecule has 2 unspecified atom stereocenters. The summed E-state index contributed by atoms with van der Waals surface area (Å²) in [5.74, 6) is -0.0419. The van der Waals surface area contributed by atoms with Crippen molar-refractivity contribution in [1.29, 1.82) is 0 Å². The lowest BCUT2D eigenvalue weighted by molar-refractivity contribution is 0.151. The molecule has 1 N–H and O–H groups in total. The predicted octanol–water partition coefficient (Wildman–Crippen LogP) is 4.28. The minimum atomic E-state index is -0.437. The lowest BCUT2D eigenvalue weighted by Gasteiger charge is -2.38. The van der Waals surface area contributed by atoms with E-state index in [2.05, 4.69) is 15.2 Å². The number of rotatable bonds is 3. The van der Waals surface area contributed by atoms with Crippen LogP contribution in [0, 0.1) is 17.0 Å². The van der Waals surface area contributed by atoms with Gasteiger partial charge in [0, 0.05) is 37.2 Å². The van der Waals surface area contributed by atoms with Crippen LogP contribution in [0.4, 0.5) is 8.78 Å². The van der Waals surface area contributed by atoms with Gasteiger partial charge in [0.2, 0.25) is 0 Å². The van der Waals surface area contributed by atoms with Gasteiger partial charge in [0.1, 0.15) is 11.6 Å². The number of guanidine groups is 1. The molecule has 2 atom stereocenters. The first kappa shape index (κ1) is 18.9. The average Bonchev–Trinajstić information content (AvgIpc) is 3.10. The second-order valence-electron chi connectivity index (χ2n) is 7.55. The van der Waals surface area contributed by atoms with E-state index in [0.29, 0.717) is 5.41 Å². The fraction of sp³-hybridized carbons (Fsp3) is 0.632. The van der Waals surface area contributed by atoms with E-state index in [4.69, 9.17) is 0 Å². The molecule has 1 spiro atoms. The number of nitrogens with zero attached hydrogens (tertiary/aromatic N) is 2. The molecule has 1 aromatic rings. The van der Waals surface area contributed by atoms with Gasteiger partial charge in [-0.2, -0.15) is 0 Å². The quantitative estimate of drug-likeness (QED) is 0.414. The van der Waals surface area contributed by atoms with E-state index in [1.807, 2.05) is 6.92 Å². The SMILES string of the molecule is CCN=C(NC1CC1c1c(F)cccc1F)N1CCC2(CCC2)C1.I. The van der Waals surface area contributed by atoms with E-state index in [0.717, 1.165) is 32.0 Å². The van der Waals surface area contributed by atoms with E-state index in [1.165, 1.54) is 43.9 Å². The Labute approximate surface area is 165 Å². The van der Waals surface area contributed by atoms with Gasteiger partial charge >= 0.3 is 0 Å². The zero-order valence-corrected chi connectivity index (χ0v) is 16.9. The van der Waals surface area contributed by atoms with Gasteiger partial charge in [-0.05, 0) is 50.2 Å². The van der Waals surface area contributed by atoms with Crippen LogP contribution in [0.15, 0.2) is 23.2 Å². The molecule has 0 radical (unpaired) electrons. The summed E-state index contributed by atoms with van der Waals surface area (Å²) < 4.78 is 27.9. The Hall–Kier alpha value is -0.920. The minimum absolute atomic E-state index is 0. The third-order valence-corrected chi connectivity index (χ3v) is 5.94. The first-order chi connectivity index (χ1) is 11.6. The van der Waals surface area contributed by atoms with Crippen molar-refractivity contribution in [3.8, 4) is 0 Å². The summed E-state index contributed by atoms with van der Waals surface area (Å²) in [6, 6.07) is 4.19. The Kier molecular flexibility index (Phi) is 5.56. The summed E-state index contributed by atoms with van der Waals surface area (Å²) in [4.78, 5) is 6.97. The van der Waals surface area contributed by atoms with Crippen molar-refractivity contribution < 1.29 is 8.78 Å². The Morgan fingerprint density at radius 2 is 2.00 bits per heavy atom. The van der Waals surface area contributed by atoms with Crippen molar-refractivity contribution in [2.75, 3.05) is 19.6 Å². The molecule has 0 amide bonds. The van der Waals surface area contributed by atoms with E-state index in [1.54, 1.807) is 0 Å². The smallest absolute Gasteiger partial charge is 0.194 e. The monoisotopic (exact) mass is 461 g/mol. The lowest BCUT2D eigenvalue weighted by Crippen LogP contribution is -2.43. The maximum Gasteiger partial charge on any atom is 0.194 e. The number of benzene rings is 1. The first-order valence-electron chi connectivity index (χ1n) is 9.12. The van der Waals surface area contributed by atoms with E-state index in [9.17, 15) is 8.78 Å². The maximum absolute atomic E-state index is 13.9. The van der Waals surface area contributed by atoms with Crippen LogP contribution < -0.4 is 5.32 Å². The Balaban J connectivity index is 0.00000182. The molecule has 0 aromatic heterocycles. The Morgan fingerprint density at radius 3 is 2.56 bits per heavy atom. The van der Waals surface area contributed by atoms with Gasteiger partial charge in [0.05, 0.1) is 0 Å². The van der Waals surface area contributed by atoms with Crippen LogP contribution >= 0.6 is 24.0 Å². The molecule has 138 valence electrons. The van der Waals surface area contributed by atoms with Crippen LogP contribution in [0.5, 0.6) is 0 Å². The highest BCUT2D eigenvalue weighted by Crippen LogP contribution is 2.48. The number of likely N-dealkylation sites (tertiary alicyclic amines) is 1. The summed E-state index contributed by atoms with van der Waals surface area (Å²) in [5, 5.41) is 3.47. The third kappa shape index (κ3) is 3.64. The molecule has 0 bridgehead atoms. The zero-order valence-electron chi connectivity index (χ0n) is 14.6. The van der Waals surface area contributed by atoms with Crippen molar-refractivity contribution in [3.05, 3.63) is 35.4 Å². The summed E-state index contributed by atoms with van der Waals surface area (Å²) in [6.45, 7) is 4.86. The van der Waals surface area contributed by atoms with E-state index >= 15 is 0 Å². The molecule has 2 aliphatic carbocycles. The normalized spacial score (nSPS) is 27.0. The maximum atomic E-state index is 13.9. The summed E-state index contributed by atoms with van der Waals surface area (Å²) in [5.41, 5.74) is 0.735. The fourth-order valence-electron chi connectivity index (χ4n) is 4.29.